The number of amides is 3. The maximum absolute atomic E-state index is 14.0. The zero-order chi connectivity index (χ0) is 28.7. The second-order valence-corrected chi connectivity index (χ2v) is 12.4. The van der Waals surface area contributed by atoms with Gasteiger partial charge in [-0.3, -0.25) is 19.2 Å². The smallest absolute Gasteiger partial charge is 0.305 e. The number of aromatic nitrogens is 1. The molecule has 2 aliphatic rings. The van der Waals surface area contributed by atoms with Crippen LogP contribution in [0.3, 0.4) is 0 Å². The Morgan fingerprint density at radius 1 is 1.02 bits per heavy atom. The van der Waals surface area contributed by atoms with Crippen LogP contribution >= 0.6 is 39.0 Å². The van der Waals surface area contributed by atoms with Crippen LogP contribution in [0, 0.1) is 5.92 Å². The summed E-state index contributed by atoms with van der Waals surface area (Å²) in [6.45, 7) is -0.278. The van der Waals surface area contributed by atoms with E-state index in [9.17, 15) is 19.2 Å². The second kappa shape index (κ2) is 11.2. The minimum Gasteiger partial charge on any atom is -0.497 e. The van der Waals surface area contributed by atoms with Crippen molar-refractivity contribution in [2.75, 3.05) is 23.9 Å². The van der Waals surface area contributed by atoms with E-state index in [2.05, 4.69) is 26.2 Å². The number of para-hydroxylation sites is 1. The molecule has 0 saturated carbocycles. The third-order valence-corrected chi connectivity index (χ3v) is 9.77. The number of aromatic amines is 1. The number of thioether (sulfide) groups is 1. The third-order valence-electron chi connectivity index (χ3n) is 6.88. The Morgan fingerprint density at radius 2 is 1.78 bits per heavy atom. The molecule has 1 fully saturated rings. The lowest BCUT2D eigenvalue weighted by atomic mass is 9.82. The average Bonchev–Trinajstić information content (AvgIpc) is 3.47. The van der Waals surface area contributed by atoms with Crippen LogP contribution < -0.4 is 24.6 Å². The molecule has 1 aromatic heterocycles. The van der Waals surface area contributed by atoms with E-state index in [1.165, 1.54) is 16.7 Å². The number of carbonyl (C=O) groups excluding carboxylic acids is 3. The number of methoxy groups -OCH3 is 1. The van der Waals surface area contributed by atoms with Gasteiger partial charge in [-0.25, -0.2) is 4.90 Å². The molecule has 2 N–H and O–H groups in total. The lowest BCUT2D eigenvalue weighted by Crippen LogP contribution is -2.32. The molecule has 41 heavy (non-hydrogen) atoms. The SMILES string of the molecule is COc1ccc(N2C(=O)C3Sc4[nH]c(=O)sc4[C@H](c4cc(Br)ccc4OCC(=O)Nc4ccccc4)C3C2=O)cc1. The second-order valence-electron chi connectivity index (χ2n) is 9.34. The zero-order valence-electron chi connectivity index (χ0n) is 21.5. The number of hydrogen-bond acceptors (Lipinski definition) is 8. The van der Waals surface area contributed by atoms with E-state index in [1.54, 1.807) is 55.6 Å². The Morgan fingerprint density at radius 3 is 2.51 bits per heavy atom. The summed E-state index contributed by atoms with van der Waals surface area (Å²) in [5, 5.41) is 2.58. The molecule has 3 amide bonds. The van der Waals surface area contributed by atoms with Gasteiger partial charge in [0.15, 0.2) is 6.61 Å². The fourth-order valence-electron chi connectivity index (χ4n) is 5.09. The highest BCUT2D eigenvalue weighted by atomic mass is 79.9. The van der Waals surface area contributed by atoms with E-state index in [-0.39, 0.29) is 29.2 Å². The topological polar surface area (TPSA) is 118 Å². The molecule has 0 radical (unpaired) electrons. The molecule has 3 heterocycles. The Hall–Kier alpha value is -3.87. The molecular formula is C29H22BrN3O6S2. The van der Waals surface area contributed by atoms with Gasteiger partial charge in [-0.05, 0) is 54.6 Å². The van der Waals surface area contributed by atoms with Gasteiger partial charge in [0.2, 0.25) is 11.8 Å². The van der Waals surface area contributed by atoms with Crippen LogP contribution in [0.25, 0.3) is 0 Å². The van der Waals surface area contributed by atoms with Crippen molar-refractivity contribution in [3.05, 3.63) is 97.4 Å². The van der Waals surface area contributed by atoms with Crippen LogP contribution in [0.2, 0.25) is 0 Å². The molecule has 208 valence electrons. The first-order valence-electron chi connectivity index (χ1n) is 12.5. The molecule has 3 atom stereocenters. The van der Waals surface area contributed by atoms with E-state index in [0.29, 0.717) is 38.3 Å². The number of rotatable bonds is 7. The number of halogens is 1. The Kier molecular flexibility index (Phi) is 7.45. The summed E-state index contributed by atoms with van der Waals surface area (Å²) < 4.78 is 11.9. The fourth-order valence-corrected chi connectivity index (χ4v) is 7.98. The number of thiazole rings is 1. The first-order valence-corrected chi connectivity index (χ1v) is 15.0. The van der Waals surface area contributed by atoms with Crippen molar-refractivity contribution in [1.29, 1.82) is 0 Å². The number of nitrogens with one attached hydrogen (secondary N) is 2. The van der Waals surface area contributed by atoms with E-state index < -0.39 is 17.1 Å². The van der Waals surface area contributed by atoms with Gasteiger partial charge in [-0.2, -0.15) is 0 Å². The van der Waals surface area contributed by atoms with Crippen molar-refractivity contribution in [2.24, 2.45) is 5.92 Å². The van der Waals surface area contributed by atoms with E-state index in [1.807, 2.05) is 24.3 Å². The van der Waals surface area contributed by atoms with Gasteiger partial charge in [0, 0.05) is 26.5 Å². The Bertz CT molecular complexity index is 1710. The standard InChI is InChI=1S/C29H22BrN3O6S2/c1-38-18-10-8-17(9-11-18)33-27(35)23-22(24-26(32-29(37)41-24)40-25(23)28(33)36)19-13-15(30)7-12-20(19)39-14-21(34)31-16-5-3-2-4-6-16/h2-13,22-23,25H,14H2,1H3,(H,31,34)(H,32,37)/t22-,23?,25?/m1/s1. The van der Waals surface area contributed by atoms with Crippen LogP contribution in [0.4, 0.5) is 11.4 Å². The lowest BCUT2D eigenvalue weighted by molar-refractivity contribution is -0.122. The summed E-state index contributed by atoms with van der Waals surface area (Å²) in [4.78, 5) is 57.3. The summed E-state index contributed by atoms with van der Waals surface area (Å²) in [7, 11) is 1.54. The van der Waals surface area contributed by atoms with Gasteiger partial charge in [0.25, 0.3) is 5.91 Å². The van der Waals surface area contributed by atoms with Crippen molar-refractivity contribution >= 4 is 68.1 Å². The van der Waals surface area contributed by atoms with Gasteiger partial charge in [-0.15, -0.1) is 0 Å². The molecule has 3 aromatic carbocycles. The Labute approximate surface area is 251 Å². The normalized spacial score (nSPS) is 19.5. The van der Waals surface area contributed by atoms with Crippen LogP contribution in [-0.4, -0.2) is 41.7 Å². The van der Waals surface area contributed by atoms with Gasteiger partial charge < -0.3 is 19.8 Å². The summed E-state index contributed by atoms with van der Waals surface area (Å²) in [6, 6.07) is 21.0. The molecule has 6 rings (SSSR count). The first kappa shape index (κ1) is 27.3. The quantitative estimate of drug-likeness (QED) is 0.269. The van der Waals surface area contributed by atoms with Gasteiger partial charge >= 0.3 is 4.87 Å². The predicted molar refractivity (Wildman–Crippen MR) is 160 cm³/mol. The molecule has 0 spiro atoms. The maximum atomic E-state index is 14.0. The van der Waals surface area contributed by atoms with Crippen molar-refractivity contribution in [3.63, 3.8) is 0 Å². The van der Waals surface area contributed by atoms with Crippen molar-refractivity contribution in [2.45, 2.75) is 16.2 Å². The molecule has 2 aliphatic heterocycles. The number of hydrogen-bond donors (Lipinski definition) is 2. The van der Waals surface area contributed by atoms with Crippen LogP contribution in [0.1, 0.15) is 16.4 Å². The zero-order valence-corrected chi connectivity index (χ0v) is 24.7. The molecular weight excluding hydrogens is 630 g/mol. The van der Waals surface area contributed by atoms with Gasteiger partial charge in [0.05, 0.1) is 23.7 Å². The highest BCUT2D eigenvalue weighted by molar-refractivity contribution is 9.10. The number of benzene rings is 3. The van der Waals surface area contributed by atoms with Crippen molar-refractivity contribution in [3.8, 4) is 11.5 Å². The molecule has 4 aromatic rings. The number of imide groups is 1. The van der Waals surface area contributed by atoms with Crippen molar-refractivity contribution in [1.82, 2.24) is 4.98 Å². The Balaban J connectivity index is 1.37. The summed E-state index contributed by atoms with van der Waals surface area (Å²) in [5.41, 5.74) is 1.67. The lowest BCUT2D eigenvalue weighted by Gasteiger charge is -2.31. The highest BCUT2D eigenvalue weighted by Crippen LogP contribution is 2.54. The third kappa shape index (κ3) is 5.18. The highest BCUT2D eigenvalue weighted by Gasteiger charge is 2.56. The monoisotopic (exact) mass is 651 g/mol. The number of nitrogens with zero attached hydrogens (tertiary/aromatic N) is 1. The average molecular weight is 653 g/mol. The predicted octanol–water partition coefficient (Wildman–Crippen LogP) is 5.02. The summed E-state index contributed by atoms with van der Waals surface area (Å²) >= 11 is 5.72. The molecule has 1 saturated heterocycles. The van der Waals surface area contributed by atoms with Gasteiger partial charge in [-0.1, -0.05) is 57.2 Å². The van der Waals surface area contributed by atoms with Crippen LogP contribution in [0.15, 0.2) is 87.1 Å². The van der Waals surface area contributed by atoms with Crippen LogP contribution in [-0.2, 0) is 14.4 Å². The number of H-pyrrole nitrogens is 1. The van der Waals surface area contributed by atoms with Gasteiger partial charge in [0.1, 0.15) is 16.7 Å². The molecule has 2 unspecified atom stereocenters. The number of carbonyl (C=O) groups is 3. The molecule has 0 bridgehead atoms. The van der Waals surface area contributed by atoms with E-state index in [0.717, 1.165) is 15.8 Å². The fraction of sp³-hybridized carbons (Fsp3) is 0.172. The van der Waals surface area contributed by atoms with E-state index >= 15 is 0 Å². The first-order chi connectivity index (χ1) is 19.8. The van der Waals surface area contributed by atoms with Crippen molar-refractivity contribution < 1.29 is 23.9 Å². The number of fused-ring (bicyclic) bond motifs is 2. The number of anilines is 2. The molecule has 12 heteroatoms. The number of ether oxygens (including phenoxy) is 2. The molecule has 9 nitrogen and oxygen atoms in total. The minimum atomic E-state index is -0.802. The summed E-state index contributed by atoms with van der Waals surface area (Å²) in [6.07, 6.45) is 0. The molecule has 0 aliphatic carbocycles. The largest absolute Gasteiger partial charge is 0.497 e. The maximum Gasteiger partial charge on any atom is 0.305 e. The van der Waals surface area contributed by atoms with E-state index in [4.69, 9.17) is 9.47 Å². The summed E-state index contributed by atoms with van der Waals surface area (Å²) in [5.74, 6) is -1.58. The minimum absolute atomic E-state index is 0.278. The van der Waals surface area contributed by atoms with Crippen LogP contribution in [0.5, 0.6) is 11.5 Å².